The minimum atomic E-state index is -0.281. The molecule has 0 saturated carbocycles. The molecule has 4 heteroatoms. The molecule has 0 amide bonds. The summed E-state index contributed by atoms with van der Waals surface area (Å²) >= 11 is 0. The van der Waals surface area contributed by atoms with E-state index < -0.39 is 0 Å². The molecule has 4 nitrogen and oxygen atoms in total. The van der Waals surface area contributed by atoms with E-state index >= 15 is 0 Å². The Morgan fingerprint density at radius 2 is 2.33 bits per heavy atom. The summed E-state index contributed by atoms with van der Waals surface area (Å²) in [4.78, 5) is 11.4. The first-order valence-corrected chi connectivity index (χ1v) is 5.08. The predicted molar refractivity (Wildman–Crippen MR) is 56.9 cm³/mol. The Labute approximate surface area is 86.5 Å². The third kappa shape index (κ3) is 1.15. The molecule has 2 heterocycles. The number of hydrogen-bond acceptors (Lipinski definition) is 3. The highest BCUT2D eigenvalue weighted by atomic mass is 16.4. The third-order valence-electron chi connectivity index (χ3n) is 3.03. The first kappa shape index (κ1) is 8.73. The van der Waals surface area contributed by atoms with Crippen molar-refractivity contribution in [3.63, 3.8) is 0 Å². The van der Waals surface area contributed by atoms with E-state index in [1.165, 1.54) is 11.1 Å². The molecule has 0 bridgehead atoms. The maximum absolute atomic E-state index is 11.4. The molecular formula is C11H12N2O2. The first-order valence-electron chi connectivity index (χ1n) is 5.08. The summed E-state index contributed by atoms with van der Waals surface area (Å²) in [6.45, 7) is 1.81. The number of aromatic nitrogens is 1. The van der Waals surface area contributed by atoms with Gasteiger partial charge in [0.2, 0.25) is 0 Å². The van der Waals surface area contributed by atoms with Crippen molar-refractivity contribution in [3.05, 3.63) is 33.8 Å². The Morgan fingerprint density at radius 3 is 3.20 bits per heavy atom. The lowest BCUT2D eigenvalue weighted by atomic mass is 10.00. The van der Waals surface area contributed by atoms with E-state index in [0.717, 1.165) is 30.6 Å². The fourth-order valence-corrected chi connectivity index (χ4v) is 2.16. The van der Waals surface area contributed by atoms with Crippen molar-refractivity contribution in [3.8, 4) is 0 Å². The zero-order chi connectivity index (χ0) is 10.4. The summed E-state index contributed by atoms with van der Waals surface area (Å²) in [5, 5.41) is 3.30. The smallest absolute Gasteiger partial charge is 0.407 e. The van der Waals surface area contributed by atoms with Crippen LogP contribution in [0.2, 0.25) is 0 Å². The van der Waals surface area contributed by atoms with Gasteiger partial charge in [0, 0.05) is 19.2 Å². The topological polar surface area (TPSA) is 47.2 Å². The Bertz CT molecular complexity index is 580. The number of nitrogens with zero attached hydrogens (tertiary/aromatic N) is 1. The lowest BCUT2D eigenvalue weighted by Gasteiger charge is -2.16. The normalized spacial score (nSPS) is 15.5. The van der Waals surface area contributed by atoms with Crippen molar-refractivity contribution in [2.75, 3.05) is 6.54 Å². The van der Waals surface area contributed by atoms with Crippen LogP contribution >= 0.6 is 0 Å². The van der Waals surface area contributed by atoms with Crippen LogP contribution in [0.25, 0.3) is 11.1 Å². The van der Waals surface area contributed by atoms with Crippen LogP contribution < -0.4 is 11.1 Å². The summed E-state index contributed by atoms with van der Waals surface area (Å²) in [5.74, 6) is -0.281. The van der Waals surface area contributed by atoms with Gasteiger partial charge in [-0.3, -0.25) is 4.57 Å². The largest absolute Gasteiger partial charge is 0.419 e. The van der Waals surface area contributed by atoms with Crippen LogP contribution in [-0.4, -0.2) is 11.1 Å². The van der Waals surface area contributed by atoms with Crippen LogP contribution in [0.1, 0.15) is 11.1 Å². The maximum Gasteiger partial charge on any atom is 0.419 e. The van der Waals surface area contributed by atoms with Gasteiger partial charge in [-0.15, -0.1) is 0 Å². The monoisotopic (exact) mass is 204 g/mol. The maximum atomic E-state index is 11.4. The number of oxazole rings is 1. The fraction of sp³-hybridized carbons (Fsp3) is 0.364. The van der Waals surface area contributed by atoms with E-state index in [0.29, 0.717) is 0 Å². The minimum absolute atomic E-state index is 0.281. The zero-order valence-electron chi connectivity index (χ0n) is 8.54. The number of benzene rings is 1. The average Bonchev–Trinajstić information content (AvgIpc) is 2.56. The molecule has 0 saturated heterocycles. The van der Waals surface area contributed by atoms with E-state index in [1.807, 2.05) is 6.07 Å². The Kier molecular flexibility index (Phi) is 1.73. The average molecular weight is 204 g/mol. The molecule has 0 fully saturated rings. The summed E-state index contributed by atoms with van der Waals surface area (Å²) in [6.07, 6.45) is 0.930. The van der Waals surface area contributed by atoms with Crippen LogP contribution in [0, 0.1) is 0 Å². The molecule has 0 unspecified atom stereocenters. The molecule has 0 atom stereocenters. The summed E-state index contributed by atoms with van der Waals surface area (Å²) < 4.78 is 6.83. The second-order valence-corrected chi connectivity index (χ2v) is 3.91. The van der Waals surface area contributed by atoms with Crippen molar-refractivity contribution < 1.29 is 4.42 Å². The van der Waals surface area contributed by atoms with Crippen molar-refractivity contribution >= 4 is 11.1 Å². The SMILES string of the molecule is Cn1c(=O)oc2c3c(ccc21)CNCC3. The van der Waals surface area contributed by atoms with Crippen LogP contribution in [0.3, 0.4) is 0 Å². The highest BCUT2D eigenvalue weighted by molar-refractivity contribution is 5.78. The van der Waals surface area contributed by atoms with Gasteiger partial charge >= 0.3 is 5.76 Å². The van der Waals surface area contributed by atoms with Gasteiger partial charge in [-0.2, -0.15) is 0 Å². The number of rotatable bonds is 0. The van der Waals surface area contributed by atoms with Crippen LogP contribution in [0.15, 0.2) is 21.3 Å². The van der Waals surface area contributed by atoms with E-state index in [1.54, 1.807) is 11.6 Å². The van der Waals surface area contributed by atoms with Gasteiger partial charge in [-0.1, -0.05) is 6.07 Å². The molecule has 0 radical (unpaired) electrons. The van der Waals surface area contributed by atoms with Gasteiger partial charge in [0.1, 0.15) is 0 Å². The second kappa shape index (κ2) is 2.97. The number of hydrogen-bond donors (Lipinski definition) is 1. The van der Waals surface area contributed by atoms with E-state index in [4.69, 9.17) is 4.42 Å². The molecule has 1 aliphatic heterocycles. The molecule has 0 aliphatic carbocycles. The molecule has 15 heavy (non-hydrogen) atoms. The molecule has 0 spiro atoms. The van der Waals surface area contributed by atoms with Crippen molar-refractivity contribution in [2.45, 2.75) is 13.0 Å². The van der Waals surface area contributed by atoms with Gasteiger partial charge in [0.25, 0.3) is 0 Å². The van der Waals surface area contributed by atoms with Crippen molar-refractivity contribution in [1.29, 1.82) is 0 Å². The van der Waals surface area contributed by atoms with Crippen molar-refractivity contribution in [2.24, 2.45) is 7.05 Å². The van der Waals surface area contributed by atoms with E-state index in [9.17, 15) is 4.79 Å². The van der Waals surface area contributed by atoms with Gasteiger partial charge < -0.3 is 9.73 Å². The predicted octanol–water partition coefficient (Wildman–Crippen LogP) is 0.777. The van der Waals surface area contributed by atoms with Gasteiger partial charge in [0.05, 0.1) is 5.52 Å². The van der Waals surface area contributed by atoms with Gasteiger partial charge in [-0.05, 0) is 24.6 Å². The Hall–Kier alpha value is -1.55. The summed E-state index contributed by atoms with van der Waals surface area (Å²) in [7, 11) is 1.74. The van der Waals surface area contributed by atoms with Crippen LogP contribution in [0.4, 0.5) is 0 Å². The quantitative estimate of drug-likeness (QED) is 0.689. The second-order valence-electron chi connectivity index (χ2n) is 3.91. The fourth-order valence-electron chi connectivity index (χ4n) is 2.16. The number of nitrogens with one attached hydrogen (secondary N) is 1. The molecule has 1 aliphatic rings. The molecule has 1 aromatic heterocycles. The minimum Gasteiger partial charge on any atom is -0.407 e. The van der Waals surface area contributed by atoms with Gasteiger partial charge in [-0.25, -0.2) is 4.79 Å². The highest BCUT2D eigenvalue weighted by Gasteiger charge is 2.16. The van der Waals surface area contributed by atoms with Crippen LogP contribution in [0.5, 0.6) is 0 Å². The lowest BCUT2D eigenvalue weighted by Crippen LogP contribution is -2.23. The molecule has 1 N–H and O–H groups in total. The highest BCUT2D eigenvalue weighted by Crippen LogP contribution is 2.23. The molecule has 2 aromatic rings. The molecule has 1 aromatic carbocycles. The Morgan fingerprint density at radius 1 is 1.47 bits per heavy atom. The van der Waals surface area contributed by atoms with E-state index in [-0.39, 0.29) is 5.76 Å². The standard InChI is InChI=1S/C11H12N2O2/c1-13-9-3-2-7-6-12-5-4-8(7)10(9)15-11(13)14/h2-3,12H,4-6H2,1H3. The molecule has 3 rings (SSSR count). The zero-order valence-corrected chi connectivity index (χ0v) is 8.54. The van der Waals surface area contributed by atoms with E-state index in [2.05, 4.69) is 11.4 Å². The first-order chi connectivity index (χ1) is 7.27. The van der Waals surface area contributed by atoms with Gasteiger partial charge in [0.15, 0.2) is 5.58 Å². The van der Waals surface area contributed by atoms with Crippen LogP contribution in [-0.2, 0) is 20.0 Å². The third-order valence-corrected chi connectivity index (χ3v) is 3.03. The number of fused-ring (bicyclic) bond motifs is 3. The molecule has 78 valence electrons. The van der Waals surface area contributed by atoms with Crippen molar-refractivity contribution in [1.82, 2.24) is 9.88 Å². The summed E-state index contributed by atoms with van der Waals surface area (Å²) in [5.41, 5.74) is 4.08. The Balaban J connectivity index is 2.41. The lowest BCUT2D eigenvalue weighted by molar-refractivity contribution is 0.521. The summed E-state index contributed by atoms with van der Waals surface area (Å²) in [6, 6.07) is 4.02. The number of aryl methyl sites for hydroxylation is 1. The molecular weight excluding hydrogens is 192 g/mol.